The van der Waals surface area contributed by atoms with Crippen molar-refractivity contribution >= 4 is 5.91 Å². The van der Waals surface area contributed by atoms with E-state index < -0.39 is 124 Å². The van der Waals surface area contributed by atoms with E-state index in [2.05, 4.69) is 55.6 Å². The van der Waals surface area contributed by atoms with Gasteiger partial charge in [-0.15, -0.1) is 0 Å². The highest BCUT2D eigenvalue weighted by molar-refractivity contribution is 5.76. The second-order valence-electron chi connectivity index (χ2n) is 24.6. The molecule has 0 aromatic rings. The number of aliphatic hydroxyl groups excluding tert-OH is 11. The van der Waals surface area contributed by atoms with Crippen LogP contribution < -0.4 is 5.32 Å². The molecule has 0 spiro atoms. The summed E-state index contributed by atoms with van der Waals surface area (Å²) in [6, 6.07) is -0.986. The Labute approximate surface area is 523 Å². The SMILES string of the molecule is CCC/C=C/CC/C=C/C(O)C(COC1OC(CO)C(OC2OC(CO)C(OC3OC(CO)C(O)C(O)C3O)C(O)C2O)C(O)C1O)NC(=O)CCCCCCCCCCCCCCCCCCCCCCCCC/C=C\C/C=C\CCCCCCC. The third-order valence-electron chi connectivity index (χ3n) is 17.1. The summed E-state index contributed by atoms with van der Waals surface area (Å²) < 4.78 is 34.2. The van der Waals surface area contributed by atoms with Crippen LogP contribution in [-0.2, 0) is 33.2 Å². The van der Waals surface area contributed by atoms with Crippen molar-refractivity contribution in [2.24, 2.45) is 0 Å². The number of ether oxygens (including phenoxy) is 6. The number of carbonyl (C=O) groups excluding carboxylic acids is 1. The average molecular weight is 1240 g/mol. The van der Waals surface area contributed by atoms with Crippen molar-refractivity contribution in [1.29, 1.82) is 0 Å². The van der Waals surface area contributed by atoms with Crippen LogP contribution in [0, 0.1) is 0 Å². The van der Waals surface area contributed by atoms with Crippen molar-refractivity contribution < 1.29 is 89.4 Å². The number of allylic oxidation sites excluding steroid dienone is 7. The molecule has 19 nitrogen and oxygen atoms in total. The number of aliphatic hydroxyl groups is 11. The van der Waals surface area contributed by atoms with Gasteiger partial charge in [0, 0.05) is 6.42 Å². The highest BCUT2D eigenvalue weighted by Gasteiger charge is 2.53. The van der Waals surface area contributed by atoms with Gasteiger partial charge in [-0.1, -0.05) is 229 Å². The Balaban J connectivity index is 1.28. The Bertz CT molecular complexity index is 1770. The number of nitrogens with one attached hydrogen (secondary N) is 1. The molecule has 0 saturated carbocycles. The van der Waals surface area contributed by atoms with Gasteiger partial charge < -0.3 is 89.9 Å². The predicted octanol–water partition coefficient (Wildman–Crippen LogP) is 8.61. The minimum absolute atomic E-state index is 0.237. The minimum Gasteiger partial charge on any atom is -0.394 e. The van der Waals surface area contributed by atoms with Crippen LogP contribution in [0.4, 0.5) is 0 Å². The molecule has 0 aromatic heterocycles. The molecule has 3 aliphatic heterocycles. The van der Waals surface area contributed by atoms with Crippen LogP contribution in [0.5, 0.6) is 0 Å². The zero-order chi connectivity index (χ0) is 63.3. The first-order valence-electron chi connectivity index (χ1n) is 34.4. The second-order valence-corrected chi connectivity index (χ2v) is 24.6. The molecule has 0 aliphatic carbocycles. The van der Waals surface area contributed by atoms with Gasteiger partial charge in [0.05, 0.1) is 38.6 Å². The van der Waals surface area contributed by atoms with E-state index in [1.54, 1.807) is 6.08 Å². The lowest BCUT2D eigenvalue weighted by molar-refractivity contribution is -0.379. The van der Waals surface area contributed by atoms with E-state index in [9.17, 15) is 61.0 Å². The molecule has 3 rings (SSSR count). The molecule has 17 unspecified atom stereocenters. The third-order valence-corrected chi connectivity index (χ3v) is 17.1. The average Bonchev–Trinajstić information content (AvgIpc) is 3.72. The molecular formula is C68H123NO18. The summed E-state index contributed by atoms with van der Waals surface area (Å²) in [6.45, 7) is 1.58. The summed E-state index contributed by atoms with van der Waals surface area (Å²) in [5.41, 5.74) is 0. The van der Waals surface area contributed by atoms with Gasteiger partial charge in [-0.3, -0.25) is 4.79 Å². The fraction of sp³-hybridized carbons (Fsp3) is 0.868. The standard InChI is InChI=1S/C68H123NO18/c1-3-5-7-9-11-12-13-14-15-16-17-18-19-20-21-22-23-24-25-26-27-28-29-30-31-32-33-34-35-36-37-38-40-42-44-46-56(74)69-51(52(73)45-43-41-39-10-8-6-4-2)50-82-66-62(80)59(77)64(54(48-71)84-66)87-68-63(81)60(78)65(55(49-72)85-68)86-67-61(79)58(76)57(75)53(47-70)83-67/h8,10,13-14,16-17,43,45,51-55,57-68,70-73,75-81H,3-7,9,11-12,15,18-42,44,46-50H2,1-2H3,(H,69,74)/b10-8+,14-13-,17-16-,45-43+. The number of amides is 1. The largest absolute Gasteiger partial charge is 0.394 e. The first-order chi connectivity index (χ1) is 42.3. The first-order valence-corrected chi connectivity index (χ1v) is 34.4. The summed E-state index contributed by atoms with van der Waals surface area (Å²) in [5.74, 6) is -0.288. The van der Waals surface area contributed by atoms with Gasteiger partial charge in [0.15, 0.2) is 18.9 Å². The summed E-state index contributed by atoms with van der Waals surface area (Å²) >= 11 is 0. The number of unbranched alkanes of at least 4 members (excludes halogenated alkanes) is 30. The highest BCUT2D eigenvalue weighted by Crippen LogP contribution is 2.33. The topological polar surface area (TPSA) is 307 Å². The van der Waals surface area contributed by atoms with Crippen molar-refractivity contribution in [3.63, 3.8) is 0 Å². The molecule has 17 atom stereocenters. The maximum Gasteiger partial charge on any atom is 0.220 e. The molecule has 3 saturated heterocycles. The monoisotopic (exact) mass is 1240 g/mol. The first kappa shape index (κ1) is 79.0. The van der Waals surface area contributed by atoms with Crippen LogP contribution in [0.25, 0.3) is 0 Å². The van der Waals surface area contributed by atoms with Gasteiger partial charge in [0.2, 0.25) is 5.91 Å². The lowest BCUT2D eigenvalue weighted by Crippen LogP contribution is -2.66. The number of carbonyl (C=O) groups is 1. The van der Waals surface area contributed by atoms with Gasteiger partial charge in [-0.25, -0.2) is 0 Å². The van der Waals surface area contributed by atoms with Gasteiger partial charge in [0.1, 0.15) is 73.2 Å². The summed E-state index contributed by atoms with van der Waals surface area (Å²) in [6.07, 6.45) is 33.3. The van der Waals surface area contributed by atoms with Crippen LogP contribution >= 0.6 is 0 Å². The van der Waals surface area contributed by atoms with E-state index >= 15 is 0 Å². The number of hydrogen-bond acceptors (Lipinski definition) is 18. The van der Waals surface area contributed by atoms with Gasteiger partial charge in [-0.05, 0) is 57.8 Å². The highest BCUT2D eigenvalue weighted by atomic mass is 16.8. The van der Waals surface area contributed by atoms with E-state index in [0.29, 0.717) is 12.8 Å². The van der Waals surface area contributed by atoms with Crippen molar-refractivity contribution in [2.45, 2.75) is 349 Å². The zero-order valence-corrected chi connectivity index (χ0v) is 53.5. The van der Waals surface area contributed by atoms with E-state index in [-0.39, 0.29) is 18.9 Å². The lowest BCUT2D eigenvalue weighted by Gasteiger charge is -2.48. The van der Waals surface area contributed by atoms with Crippen molar-refractivity contribution in [2.75, 3.05) is 26.4 Å². The van der Waals surface area contributed by atoms with E-state index in [0.717, 1.165) is 44.9 Å². The zero-order valence-electron chi connectivity index (χ0n) is 53.5. The molecule has 3 heterocycles. The Kier molecular flexibility index (Phi) is 45.7. The molecule has 12 N–H and O–H groups in total. The number of rotatable bonds is 52. The van der Waals surface area contributed by atoms with E-state index in [1.165, 1.54) is 167 Å². The van der Waals surface area contributed by atoms with Crippen molar-refractivity contribution in [3.05, 3.63) is 48.6 Å². The van der Waals surface area contributed by atoms with Gasteiger partial charge in [0.25, 0.3) is 0 Å². The quantitative estimate of drug-likeness (QED) is 0.0200. The third kappa shape index (κ3) is 32.7. The Morgan fingerprint density at radius 1 is 0.414 bits per heavy atom. The molecule has 19 heteroatoms. The van der Waals surface area contributed by atoms with E-state index in [4.69, 9.17) is 28.4 Å². The molecule has 0 radical (unpaired) electrons. The molecule has 0 aromatic carbocycles. The summed E-state index contributed by atoms with van der Waals surface area (Å²) in [4.78, 5) is 13.3. The van der Waals surface area contributed by atoms with Crippen LogP contribution in [0.2, 0.25) is 0 Å². The molecule has 508 valence electrons. The number of hydrogen-bond donors (Lipinski definition) is 12. The molecule has 3 fully saturated rings. The fourth-order valence-electron chi connectivity index (χ4n) is 11.5. The maximum absolute atomic E-state index is 13.3. The smallest absolute Gasteiger partial charge is 0.220 e. The Hall–Kier alpha value is -2.25. The van der Waals surface area contributed by atoms with Gasteiger partial charge >= 0.3 is 0 Å². The Morgan fingerprint density at radius 3 is 1.25 bits per heavy atom. The van der Waals surface area contributed by atoms with Crippen LogP contribution in [0.15, 0.2) is 48.6 Å². The lowest BCUT2D eigenvalue weighted by atomic mass is 9.96. The molecule has 0 bridgehead atoms. The Morgan fingerprint density at radius 2 is 0.793 bits per heavy atom. The molecule has 3 aliphatic rings. The maximum atomic E-state index is 13.3. The van der Waals surface area contributed by atoms with Crippen molar-refractivity contribution in [1.82, 2.24) is 5.32 Å². The van der Waals surface area contributed by atoms with Crippen LogP contribution in [0.3, 0.4) is 0 Å². The van der Waals surface area contributed by atoms with E-state index in [1.807, 2.05) is 6.08 Å². The molecular weight excluding hydrogens is 1120 g/mol. The summed E-state index contributed by atoms with van der Waals surface area (Å²) in [5, 5.41) is 120. The fourth-order valence-corrected chi connectivity index (χ4v) is 11.5. The normalized spacial score (nSPS) is 28.9. The van der Waals surface area contributed by atoms with Crippen molar-refractivity contribution in [3.8, 4) is 0 Å². The molecule has 1 amide bonds. The van der Waals surface area contributed by atoms with Crippen LogP contribution in [0.1, 0.15) is 245 Å². The summed E-state index contributed by atoms with van der Waals surface area (Å²) in [7, 11) is 0. The second kappa shape index (κ2) is 50.3. The molecule has 87 heavy (non-hydrogen) atoms. The van der Waals surface area contributed by atoms with Crippen LogP contribution in [-0.4, -0.2) is 193 Å². The predicted molar refractivity (Wildman–Crippen MR) is 337 cm³/mol. The minimum atomic E-state index is -1.98. The van der Waals surface area contributed by atoms with Gasteiger partial charge in [-0.2, -0.15) is 0 Å².